The highest BCUT2D eigenvalue weighted by molar-refractivity contribution is 7.45. The summed E-state index contributed by atoms with van der Waals surface area (Å²) in [5.41, 5.74) is 0. The average Bonchev–Trinajstić information content (AvgIpc) is 1.96. The maximum absolute atomic E-state index is 12.0. The van der Waals surface area contributed by atoms with Crippen molar-refractivity contribution in [3.8, 4) is 0 Å². The van der Waals surface area contributed by atoms with Crippen LogP contribution < -0.4 is 4.89 Å². The van der Waals surface area contributed by atoms with Crippen molar-refractivity contribution < 1.29 is 31.7 Å². The standard InChI is InChI=1S/C7H12F3O4P/c8-7(9,10)5-6-3-1-2-4-13-15(11,12)14-6/h6H,1-5H2,(H,11,12)/p-1. The Labute approximate surface area is 85.0 Å². The SMILES string of the molecule is O=P1([O-])OCCCCC(CC(F)(F)F)O1. The van der Waals surface area contributed by atoms with Crippen molar-refractivity contribution in [2.75, 3.05) is 6.61 Å². The molecule has 0 bridgehead atoms. The lowest BCUT2D eigenvalue weighted by Gasteiger charge is -2.30. The van der Waals surface area contributed by atoms with Crippen molar-refractivity contribution in [1.82, 2.24) is 0 Å². The second kappa shape index (κ2) is 4.82. The molecule has 1 aliphatic rings. The van der Waals surface area contributed by atoms with Gasteiger partial charge in [-0.2, -0.15) is 13.2 Å². The maximum atomic E-state index is 12.0. The molecule has 0 aromatic rings. The van der Waals surface area contributed by atoms with Crippen LogP contribution in [0.25, 0.3) is 0 Å². The summed E-state index contributed by atoms with van der Waals surface area (Å²) >= 11 is 0. The zero-order chi connectivity index (χ0) is 11.5. The number of hydrogen-bond donors (Lipinski definition) is 0. The highest BCUT2D eigenvalue weighted by Gasteiger charge is 2.34. The number of phosphoric ester groups is 1. The Bertz CT molecular complexity index is 255. The van der Waals surface area contributed by atoms with E-state index in [-0.39, 0.29) is 13.0 Å². The Morgan fingerprint density at radius 1 is 1.40 bits per heavy atom. The van der Waals surface area contributed by atoms with Crippen LogP contribution in [-0.2, 0) is 13.6 Å². The molecule has 15 heavy (non-hydrogen) atoms. The molecule has 0 spiro atoms. The molecule has 1 fully saturated rings. The van der Waals surface area contributed by atoms with Crippen LogP contribution in [0.2, 0.25) is 0 Å². The molecule has 1 rings (SSSR count). The van der Waals surface area contributed by atoms with Crippen molar-refractivity contribution >= 4 is 7.82 Å². The number of phosphoric acid groups is 1. The first kappa shape index (κ1) is 13.0. The van der Waals surface area contributed by atoms with Gasteiger partial charge in [0.2, 0.25) is 0 Å². The number of halogens is 3. The van der Waals surface area contributed by atoms with Crippen LogP contribution in [0.5, 0.6) is 0 Å². The number of alkyl halides is 3. The van der Waals surface area contributed by atoms with E-state index in [4.69, 9.17) is 0 Å². The van der Waals surface area contributed by atoms with Gasteiger partial charge in [0, 0.05) is 0 Å². The summed E-state index contributed by atoms with van der Waals surface area (Å²) in [6.45, 7) is -0.0283. The fourth-order valence-electron chi connectivity index (χ4n) is 1.31. The van der Waals surface area contributed by atoms with Gasteiger partial charge in [0.25, 0.3) is 7.82 Å². The minimum atomic E-state index is -4.55. The summed E-state index contributed by atoms with van der Waals surface area (Å²) in [6, 6.07) is 0. The van der Waals surface area contributed by atoms with Gasteiger partial charge in [0.15, 0.2) is 0 Å². The van der Waals surface area contributed by atoms with E-state index in [9.17, 15) is 22.6 Å². The van der Waals surface area contributed by atoms with Crippen LogP contribution in [0.15, 0.2) is 0 Å². The lowest BCUT2D eigenvalue weighted by atomic mass is 10.1. The quantitative estimate of drug-likeness (QED) is 0.665. The molecule has 0 amide bonds. The highest BCUT2D eigenvalue weighted by atomic mass is 31.2. The van der Waals surface area contributed by atoms with E-state index in [1.807, 2.05) is 0 Å². The van der Waals surface area contributed by atoms with E-state index in [1.54, 1.807) is 0 Å². The van der Waals surface area contributed by atoms with E-state index in [0.717, 1.165) is 0 Å². The molecule has 8 heteroatoms. The fourth-order valence-corrected chi connectivity index (χ4v) is 2.27. The normalized spacial score (nSPS) is 34.5. The van der Waals surface area contributed by atoms with Gasteiger partial charge in [0.1, 0.15) is 0 Å². The van der Waals surface area contributed by atoms with Gasteiger partial charge < -0.3 is 13.9 Å². The van der Waals surface area contributed by atoms with E-state index >= 15 is 0 Å². The molecule has 0 N–H and O–H groups in total. The molecule has 90 valence electrons. The zero-order valence-electron chi connectivity index (χ0n) is 7.83. The predicted octanol–water partition coefficient (Wildman–Crippen LogP) is 1.99. The molecule has 2 atom stereocenters. The Morgan fingerprint density at radius 3 is 2.67 bits per heavy atom. The molecule has 0 aliphatic carbocycles. The molecule has 0 aromatic carbocycles. The van der Waals surface area contributed by atoms with Gasteiger partial charge >= 0.3 is 6.18 Å². The Balaban J connectivity index is 2.57. The van der Waals surface area contributed by atoms with Crippen LogP contribution in [0.1, 0.15) is 25.7 Å². The van der Waals surface area contributed by atoms with Gasteiger partial charge in [-0.05, 0) is 19.3 Å². The second-order valence-electron chi connectivity index (χ2n) is 3.32. The highest BCUT2D eigenvalue weighted by Crippen LogP contribution is 2.44. The van der Waals surface area contributed by atoms with Crippen LogP contribution >= 0.6 is 7.82 Å². The molecule has 1 saturated heterocycles. The summed E-state index contributed by atoms with van der Waals surface area (Å²) < 4.78 is 55.6. The number of rotatable bonds is 1. The Kier molecular flexibility index (Phi) is 4.17. The largest absolute Gasteiger partial charge is 0.756 e. The third kappa shape index (κ3) is 5.51. The molecule has 0 radical (unpaired) electrons. The summed E-state index contributed by atoms with van der Waals surface area (Å²) in [6.07, 6.45) is -6.08. The fraction of sp³-hybridized carbons (Fsp3) is 1.00. The minimum Gasteiger partial charge on any atom is -0.756 e. The molecular formula is C7H11F3O4P-. The topological polar surface area (TPSA) is 58.6 Å². The molecule has 0 aromatic heterocycles. The van der Waals surface area contributed by atoms with Crippen LogP contribution in [0, 0.1) is 0 Å². The average molecular weight is 247 g/mol. The smallest absolute Gasteiger partial charge is 0.391 e. The van der Waals surface area contributed by atoms with E-state index in [0.29, 0.717) is 12.8 Å². The summed E-state index contributed by atoms with van der Waals surface area (Å²) in [4.78, 5) is 10.9. The van der Waals surface area contributed by atoms with Crippen molar-refractivity contribution in [1.29, 1.82) is 0 Å². The molecule has 4 nitrogen and oxygen atoms in total. The first-order valence-electron chi connectivity index (χ1n) is 4.49. The van der Waals surface area contributed by atoms with Crippen molar-refractivity contribution in [2.45, 2.75) is 38.0 Å². The van der Waals surface area contributed by atoms with Crippen LogP contribution in [0.4, 0.5) is 13.2 Å². The summed E-state index contributed by atoms with van der Waals surface area (Å²) in [5, 5.41) is 0. The van der Waals surface area contributed by atoms with Crippen LogP contribution in [-0.4, -0.2) is 18.9 Å². The third-order valence-electron chi connectivity index (χ3n) is 1.91. The van der Waals surface area contributed by atoms with E-state index < -0.39 is 26.5 Å². The lowest BCUT2D eigenvalue weighted by Crippen LogP contribution is -2.26. The third-order valence-corrected chi connectivity index (χ3v) is 2.96. The van der Waals surface area contributed by atoms with E-state index in [1.165, 1.54) is 0 Å². The van der Waals surface area contributed by atoms with E-state index in [2.05, 4.69) is 9.05 Å². The molecule has 2 unspecified atom stereocenters. The number of hydrogen-bond acceptors (Lipinski definition) is 4. The van der Waals surface area contributed by atoms with Gasteiger partial charge in [-0.1, -0.05) is 0 Å². The molecule has 1 aliphatic heterocycles. The Hall–Kier alpha value is -0.100. The van der Waals surface area contributed by atoms with Crippen molar-refractivity contribution in [3.05, 3.63) is 0 Å². The summed E-state index contributed by atoms with van der Waals surface area (Å²) in [7, 11) is -4.55. The maximum Gasteiger partial charge on any atom is 0.391 e. The van der Waals surface area contributed by atoms with Gasteiger partial charge in [0.05, 0.1) is 19.1 Å². The molecule has 1 heterocycles. The zero-order valence-corrected chi connectivity index (χ0v) is 8.72. The van der Waals surface area contributed by atoms with Gasteiger partial charge in [-0.3, -0.25) is 4.57 Å². The Morgan fingerprint density at radius 2 is 2.07 bits per heavy atom. The molecular weight excluding hydrogens is 236 g/mol. The van der Waals surface area contributed by atoms with Gasteiger partial charge in [-0.15, -0.1) is 0 Å². The predicted molar refractivity (Wildman–Crippen MR) is 43.0 cm³/mol. The molecule has 0 saturated carbocycles. The monoisotopic (exact) mass is 247 g/mol. The first-order chi connectivity index (χ1) is 6.79. The second-order valence-corrected chi connectivity index (χ2v) is 4.69. The van der Waals surface area contributed by atoms with Crippen LogP contribution in [0.3, 0.4) is 0 Å². The van der Waals surface area contributed by atoms with Crippen molar-refractivity contribution in [3.63, 3.8) is 0 Å². The minimum absolute atomic E-state index is 0.0283. The lowest BCUT2D eigenvalue weighted by molar-refractivity contribution is -0.236. The first-order valence-corrected chi connectivity index (χ1v) is 5.95. The summed E-state index contributed by atoms with van der Waals surface area (Å²) in [5.74, 6) is 0. The van der Waals surface area contributed by atoms with Gasteiger partial charge in [-0.25, -0.2) is 0 Å². The van der Waals surface area contributed by atoms with Crippen molar-refractivity contribution in [2.24, 2.45) is 0 Å².